The van der Waals surface area contributed by atoms with E-state index in [0.717, 1.165) is 22.9 Å². The van der Waals surface area contributed by atoms with Crippen molar-refractivity contribution in [2.24, 2.45) is 0 Å². The van der Waals surface area contributed by atoms with E-state index in [4.69, 9.17) is 4.74 Å². The molecular weight excluding hydrogens is 298 g/mol. The minimum absolute atomic E-state index is 0.309. The first-order chi connectivity index (χ1) is 11.7. The number of ether oxygens (including phenoxy) is 1. The van der Waals surface area contributed by atoms with Crippen molar-refractivity contribution < 1.29 is 4.74 Å². The van der Waals surface area contributed by atoms with Gasteiger partial charge in [0.1, 0.15) is 5.75 Å². The van der Waals surface area contributed by atoms with Crippen LogP contribution in [-0.4, -0.2) is 11.0 Å². The van der Waals surface area contributed by atoms with Crippen molar-refractivity contribution in [3.05, 3.63) is 72.8 Å². The van der Waals surface area contributed by atoms with Crippen LogP contribution >= 0.6 is 0 Å². The summed E-state index contributed by atoms with van der Waals surface area (Å²) in [5, 5.41) is 6.75. The highest BCUT2D eigenvalue weighted by Gasteiger charge is 2.09. The summed E-state index contributed by atoms with van der Waals surface area (Å²) in [6, 6.07) is 23.8. The Kier molecular flexibility index (Phi) is 4.96. The van der Waals surface area contributed by atoms with E-state index in [1.807, 2.05) is 72.8 Å². The van der Waals surface area contributed by atoms with Crippen LogP contribution in [-0.2, 0) is 0 Å². The van der Waals surface area contributed by atoms with Gasteiger partial charge in [0, 0.05) is 17.8 Å². The van der Waals surface area contributed by atoms with E-state index >= 15 is 0 Å². The van der Waals surface area contributed by atoms with Gasteiger partial charge < -0.3 is 15.4 Å². The Bertz CT molecular complexity index is 773. The van der Waals surface area contributed by atoms with Crippen molar-refractivity contribution in [3.63, 3.8) is 0 Å². The van der Waals surface area contributed by atoms with Crippen LogP contribution in [0.15, 0.2) is 72.8 Å². The van der Waals surface area contributed by atoms with Gasteiger partial charge in [-0.05, 0) is 44.2 Å². The van der Waals surface area contributed by atoms with Gasteiger partial charge in [-0.3, -0.25) is 0 Å². The number of pyridine rings is 1. The van der Waals surface area contributed by atoms with E-state index in [2.05, 4.69) is 29.5 Å². The third kappa shape index (κ3) is 4.26. The second-order valence-electron chi connectivity index (χ2n) is 5.75. The van der Waals surface area contributed by atoms with Gasteiger partial charge >= 0.3 is 0 Å². The zero-order chi connectivity index (χ0) is 16.8. The highest BCUT2D eigenvalue weighted by atomic mass is 16.5. The summed E-state index contributed by atoms with van der Waals surface area (Å²) in [4.78, 5) is 4.62. The second kappa shape index (κ2) is 7.51. The molecule has 4 heteroatoms. The molecule has 24 heavy (non-hydrogen) atoms. The second-order valence-corrected chi connectivity index (χ2v) is 5.75. The predicted molar refractivity (Wildman–Crippen MR) is 99.2 cm³/mol. The van der Waals surface area contributed by atoms with Gasteiger partial charge in [-0.25, -0.2) is 0 Å². The van der Waals surface area contributed by atoms with E-state index in [-0.39, 0.29) is 0 Å². The van der Waals surface area contributed by atoms with Crippen molar-refractivity contribution in [2.45, 2.75) is 19.9 Å². The number of nitrogens with zero attached hydrogens (tertiary/aromatic N) is 1. The van der Waals surface area contributed by atoms with Crippen LogP contribution in [0.25, 0.3) is 0 Å². The summed E-state index contributed by atoms with van der Waals surface area (Å²) in [6.07, 6.45) is 0. The Morgan fingerprint density at radius 2 is 1.50 bits per heavy atom. The molecular formula is C20H21N3O. The van der Waals surface area contributed by atoms with Gasteiger partial charge in [0.25, 0.3) is 0 Å². The lowest BCUT2D eigenvalue weighted by Crippen LogP contribution is -2.12. The summed E-state index contributed by atoms with van der Waals surface area (Å²) in [5.74, 6) is 2.05. The van der Waals surface area contributed by atoms with Crippen molar-refractivity contribution in [1.29, 1.82) is 0 Å². The monoisotopic (exact) mass is 319 g/mol. The average molecular weight is 319 g/mol. The fourth-order valence-corrected chi connectivity index (χ4v) is 2.29. The molecule has 0 atom stereocenters. The van der Waals surface area contributed by atoms with Crippen molar-refractivity contribution in [2.75, 3.05) is 10.6 Å². The van der Waals surface area contributed by atoms with E-state index in [9.17, 15) is 0 Å². The average Bonchev–Trinajstić information content (AvgIpc) is 2.59. The molecule has 1 aromatic heterocycles. The van der Waals surface area contributed by atoms with E-state index in [0.29, 0.717) is 11.9 Å². The van der Waals surface area contributed by atoms with Gasteiger partial charge in [0.05, 0.1) is 5.69 Å². The van der Waals surface area contributed by atoms with Crippen molar-refractivity contribution in [1.82, 2.24) is 4.98 Å². The summed E-state index contributed by atoms with van der Waals surface area (Å²) >= 11 is 0. The fraction of sp³-hybridized carbons (Fsp3) is 0.150. The minimum atomic E-state index is 0.309. The maximum absolute atomic E-state index is 5.84. The van der Waals surface area contributed by atoms with Gasteiger partial charge in [0.15, 0.2) is 5.82 Å². The normalized spacial score (nSPS) is 10.5. The molecule has 0 spiro atoms. The molecule has 122 valence electrons. The van der Waals surface area contributed by atoms with Gasteiger partial charge in [-0.1, -0.05) is 36.4 Å². The topological polar surface area (TPSA) is 46.2 Å². The molecule has 0 saturated carbocycles. The lowest BCUT2D eigenvalue weighted by Gasteiger charge is -2.16. The number of benzene rings is 2. The maximum atomic E-state index is 5.84. The van der Waals surface area contributed by atoms with Crippen LogP contribution in [0.5, 0.6) is 11.6 Å². The molecule has 0 saturated heterocycles. The van der Waals surface area contributed by atoms with Crippen LogP contribution in [0.1, 0.15) is 13.8 Å². The zero-order valence-electron chi connectivity index (χ0n) is 13.9. The van der Waals surface area contributed by atoms with Gasteiger partial charge in [0.2, 0.25) is 5.88 Å². The molecule has 2 aromatic carbocycles. The first-order valence-electron chi connectivity index (χ1n) is 8.03. The molecule has 0 aliphatic carbocycles. The Hall–Kier alpha value is -3.01. The molecule has 0 aliphatic rings. The summed E-state index contributed by atoms with van der Waals surface area (Å²) in [6.45, 7) is 4.20. The molecule has 4 nitrogen and oxygen atoms in total. The number of anilines is 3. The number of hydrogen-bond donors (Lipinski definition) is 2. The number of aromatic nitrogens is 1. The molecule has 1 heterocycles. The van der Waals surface area contributed by atoms with E-state index in [1.54, 1.807) is 0 Å². The Morgan fingerprint density at radius 1 is 0.833 bits per heavy atom. The highest BCUT2D eigenvalue weighted by Crippen LogP contribution is 2.29. The van der Waals surface area contributed by atoms with Crippen molar-refractivity contribution in [3.8, 4) is 11.6 Å². The minimum Gasteiger partial charge on any atom is -0.439 e. The molecule has 0 amide bonds. The molecule has 3 aromatic rings. The maximum Gasteiger partial charge on any atom is 0.221 e. The molecule has 0 aliphatic heterocycles. The van der Waals surface area contributed by atoms with Crippen LogP contribution in [0.4, 0.5) is 17.2 Å². The molecule has 3 rings (SSSR count). The smallest absolute Gasteiger partial charge is 0.221 e. The van der Waals surface area contributed by atoms with Crippen LogP contribution in [0.2, 0.25) is 0 Å². The Balaban J connectivity index is 1.88. The summed E-state index contributed by atoms with van der Waals surface area (Å²) in [5.41, 5.74) is 1.92. The number of hydrogen-bond acceptors (Lipinski definition) is 4. The molecule has 0 radical (unpaired) electrons. The third-order valence-electron chi connectivity index (χ3n) is 3.32. The molecule has 0 unspecified atom stereocenters. The lowest BCUT2D eigenvalue weighted by molar-refractivity contribution is 0.464. The zero-order valence-corrected chi connectivity index (χ0v) is 13.9. The first kappa shape index (κ1) is 15.9. The number of nitrogens with one attached hydrogen (secondary N) is 2. The van der Waals surface area contributed by atoms with E-state index in [1.165, 1.54) is 0 Å². The SMILES string of the molecule is CC(C)Nc1ccc(Oc2ccccc2)nc1Nc1ccccc1. The largest absolute Gasteiger partial charge is 0.439 e. The van der Waals surface area contributed by atoms with Crippen LogP contribution in [0, 0.1) is 0 Å². The predicted octanol–water partition coefficient (Wildman–Crippen LogP) is 5.44. The Labute approximate surface area is 142 Å². The summed E-state index contributed by atoms with van der Waals surface area (Å²) < 4.78 is 5.84. The van der Waals surface area contributed by atoms with Crippen LogP contribution < -0.4 is 15.4 Å². The molecule has 0 bridgehead atoms. The number of para-hydroxylation sites is 2. The Morgan fingerprint density at radius 3 is 2.17 bits per heavy atom. The van der Waals surface area contributed by atoms with Gasteiger partial charge in [-0.15, -0.1) is 0 Å². The van der Waals surface area contributed by atoms with E-state index < -0.39 is 0 Å². The molecule has 2 N–H and O–H groups in total. The molecule has 0 fully saturated rings. The summed E-state index contributed by atoms with van der Waals surface area (Å²) in [7, 11) is 0. The van der Waals surface area contributed by atoms with Crippen LogP contribution in [0.3, 0.4) is 0 Å². The fourth-order valence-electron chi connectivity index (χ4n) is 2.29. The highest BCUT2D eigenvalue weighted by molar-refractivity contribution is 5.71. The van der Waals surface area contributed by atoms with Gasteiger partial charge in [-0.2, -0.15) is 4.98 Å². The number of rotatable bonds is 6. The standard InChI is InChI=1S/C20H21N3O/c1-15(2)21-18-13-14-19(24-17-11-7-4-8-12-17)23-20(18)22-16-9-5-3-6-10-16/h3-15,21H,1-2H3,(H,22,23). The van der Waals surface area contributed by atoms with Crippen molar-refractivity contribution >= 4 is 17.2 Å². The lowest BCUT2D eigenvalue weighted by atomic mass is 10.3. The first-order valence-corrected chi connectivity index (χ1v) is 8.03. The third-order valence-corrected chi connectivity index (χ3v) is 3.32. The quantitative estimate of drug-likeness (QED) is 0.635.